The zero-order chi connectivity index (χ0) is 19.4. The maximum absolute atomic E-state index is 12.2. The molecule has 0 saturated heterocycles. The zero-order valence-electron chi connectivity index (χ0n) is 14.1. The van der Waals surface area contributed by atoms with Crippen molar-refractivity contribution in [2.24, 2.45) is 0 Å². The van der Waals surface area contributed by atoms with E-state index in [1.165, 1.54) is 36.0 Å². The van der Waals surface area contributed by atoms with E-state index in [2.05, 4.69) is 21.8 Å². The van der Waals surface area contributed by atoms with Crippen LogP contribution in [0.15, 0.2) is 61.1 Å². The van der Waals surface area contributed by atoms with E-state index in [0.717, 1.165) is 10.6 Å². The lowest BCUT2D eigenvalue weighted by atomic mass is 10.1. The van der Waals surface area contributed by atoms with Crippen molar-refractivity contribution in [3.63, 3.8) is 0 Å². The summed E-state index contributed by atoms with van der Waals surface area (Å²) in [6, 6.07) is 8.96. The number of alkyl halides is 3. The molecule has 1 unspecified atom stereocenters. The minimum absolute atomic E-state index is 0.296. The second-order valence-electron chi connectivity index (χ2n) is 5.40. The van der Waals surface area contributed by atoms with Crippen molar-refractivity contribution in [1.82, 2.24) is 10.5 Å². The molecule has 0 fully saturated rings. The van der Waals surface area contributed by atoms with Crippen molar-refractivity contribution in [3.05, 3.63) is 72.4 Å². The van der Waals surface area contributed by atoms with Gasteiger partial charge in [-0.1, -0.05) is 18.7 Å². The lowest BCUT2D eigenvalue weighted by Gasteiger charge is -2.11. The SMILES string of the molecule is C=C(SC)c1ccc(OC2=CC(c3ccc(OC(F)(F)F)cc3)ON2)cn1. The number of hydrogen-bond donors (Lipinski definition) is 1. The third-order valence-electron chi connectivity index (χ3n) is 3.53. The first-order valence-corrected chi connectivity index (χ1v) is 8.93. The Morgan fingerprint density at radius 2 is 1.89 bits per heavy atom. The van der Waals surface area contributed by atoms with Crippen LogP contribution in [0.25, 0.3) is 4.91 Å². The van der Waals surface area contributed by atoms with Crippen molar-refractivity contribution in [1.29, 1.82) is 0 Å². The summed E-state index contributed by atoms with van der Waals surface area (Å²) in [6.07, 6.45) is -0.0893. The zero-order valence-corrected chi connectivity index (χ0v) is 14.9. The lowest BCUT2D eigenvalue weighted by molar-refractivity contribution is -0.274. The van der Waals surface area contributed by atoms with Crippen molar-refractivity contribution in [2.45, 2.75) is 12.5 Å². The fourth-order valence-electron chi connectivity index (χ4n) is 2.24. The fraction of sp³-hybridized carbons (Fsp3) is 0.167. The summed E-state index contributed by atoms with van der Waals surface area (Å²) in [7, 11) is 0. The Bertz CT molecular complexity index is 836. The van der Waals surface area contributed by atoms with E-state index < -0.39 is 12.5 Å². The predicted molar refractivity (Wildman–Crippen MR) is 95.6 cm³/mol. The minimum atomic E-state index is -4.72. The number of aromatic nitrogens is 1. The molecule has 1 aliphatic rings. The maximum atomic E-state index is 12.2. The van der Waals surface area contributed by atoms with Gasteiger partial charge in [-0.25, -0.2) is 5.48 Å². The number of pyridine rings is 1. The maximum Gasteiger partial charge on any atom is 0.573 e. The molecule has 1 atom stereocenters. The molecule has 142 valence electrons. The van der Waals surface area contributed by atoms with Gasteiger partial charge in [-0.15, -0.1) is 24.9 Å². The number of halogens is 3. The molecule has 0 saturated carbocycles. The van der Waals surface area contributed by atoms with Crippen LogP contribution in [0.5, 0.6) is 11.5 Å². The third kappa shape index (κ3) is 5.18. The Kier molecular flexibility index (Phi) is 5.62. The van der Waals surface area contributed by atoms with Crippen LogP contribution in [-0.4, -0.2) is 17.6 Å². The van der Waals surface area contributed by atoms with Crippen LogP contribution < -0.4 is 15.0 Å². The summed E-state index contributed by atoms with van der Waals surface area (Å²) in [5.41, 5.74) is 4.03. The highest BCUT2D eigenvalue weighted by Gasteiger charge is 2.31. The number of hydrogen-bond acceptors (Lipinski definition) is 6. The van der Waals surface area contributed by atoms with Gasteiger partial charge in [0.2, 0.25) is 5.88 Å². The Morgan fingerprint density at radius 3 is 2.48 bits per heavy atom. The molecule has 0 spiro atoms. The highest BCUT2D eigenvalue weighted by molar-refractivity contribution is 8.07. The normalized spacial score (nSPS) is 16.4. The van der Waals surface area contributed by atoms with Gasteiger partial charge >= 0.3 is 6.36 Å². The average Bonchev–Trinajstić information content (AvgIpc) is 3.09. The molecule has 0 bridgehead atoms. The molecule has 0 aliphatic carbocycles. The number of thioether (sulfide) groups is 1. The summed E-state index contributed by atoms with van der Waals surface area (Å²) < 4.78 is 46.1. The summed E-state index contributed by atoms with van der Waals surface area (Å²) in [5.74, 6) is 0.564. The highest BCUT2D eigenvalue weighted by Crippen LogP contribution is 2.29. The minimum Gasteiger partial charge on any atom is -0.438 e. The largest absolute Gasteiger partial charge is 0.573 e. The third-order valence-corrected chi connectivity index (χ3v) is 4.23. The van der Waals surface area contributed by atoms with E-state index in [9.17, 15) is 13.2 Å². The van der Waals surface area contributed by atoms with Gasteiger partial charge in [-0.3, -0.25) is 9.82 Å². The first-order valence-electron chi connectivity index (χ1n) is 7.70. The summed E-state index contributed by atoms with van der Waals surface area (Å²) in [6.45, 7) is 3.89. The first kappa shape index (κ1) is 19.1. The van der Waals surface area contributed by atoms with Gasteiger partial charge in [-0.05, 0) is 36.1 Å². The number of hydroxylamine groups is 1. The van der Waals surface area contributed by atoms with Crippen LogP contribution in [-0.2, 0) is 4.84 Å². The predicted octanol–water partition coefficient (Wildman–Crippen LogP) is 4.81. The number of benzene rings is 1. The second-order valence-corrected chi connectivity index (χ2v) is 6.30. The molecular weight excluding hydrogens is 381 g/mol. The van der Waals surface area contributed by atoms with Crippen LogP contribution in [0.3, 0.4) is 0 Å². The van der Waals surface area contributed by atoms with Crippen LogP contribution in [0.2, 0.25) is 0 Å². The van der Waals surface area contributed by atoms with Gasteiger partial charge in [0.05, 0.1) is 11.9 Å². The summed E-state index contributed by atoms with van der Waals surface area (Å²) >= 11 is 1.51. The Morgan fingerprint density at radius 1 is 1.19 bits per heavy atom. The van der Waals surface area contributed by atoms with Crippen molar-refractivity contribution < 1.29 is 27.5 Å². The van der Waals surface area contributed by atoms with E-state index >= 15 is 0 Å². The van der Waals surface area contributed by atoms with E-state index in [1.54, 1.807) is 24.4 Å². The Labute approximate surface area is 157 Å². The molecule has 3 rings (SSSR count). The van der Waals surface area contributed by atoms with Crippen LogP contribution >= 0.6 is 11.8 Å². The van der Waals surface area contributed by atoms with E-state index in [1.807, 2.05) is 6.26 Å². The Balaban J connectivity index is 1.63. The number of ether oxygens (including phenoxy) is 2. The van der Waals surface area contributed by atoms with Crippen LogP contribution in [0.1, 0.15) is 17.4 Å². The van der Waals surface area contributed by atoms with Gasteiger partial charge in [0.1, 0.15) is 17.6 Å². The average molecular weight is 396 g/mol. The van der Waals surface area contributed by atoms with Crippen LogP contribution in [0.4, 0.5) is 13.2 Å². The smallest absolute Gasteiger partial charge is 0.438 e. The molecule has 0 radical (unpaired) electrons. The van der Waals surface area contributed by atoms with Gasteiger partial charge in [0, 0.05) is 11.0 Å². The number of nitrogens with one attached hydrogen (secondary N) is 1. The van der Waals surface area contributed by atoms with Crippen molar-refractivity contribution in [2.75, 3.05) is 6.26 Å². The highest BCUT2D eigenvalue weighted by atomic mass is 32.2. The van der Waals surface area contributed by atoms with Gasteiger partial charge in [0.15, 0.2) is 0 Å². The molecule has 1 aromatic heterocycles. The van der Waals surface area contributed by atoms with Crippen LogP contribution in [0, 0.1) is 0 Å². The molecule has 27 heavy (non-hydrogen) atoms. The molecule has 5 nitrogen and oxygen atoms in total. The quantitative estimate of drug-likeness (QED) is 0.756. The van der Waals surface area contributed by atoms with Crippen molar-refractivity contribution in [3.8, 4) is 11.5 Å². The second kappa shape index (κ2) is 7.93. The molecule has 9 heteroatoms. The summed E-state index contributed by atoms with van der Waals surface area (Å²) in [5, 5.41) is 0. The number of rotatable bonds is 6. The van der Waals surface area contributed by atoms with Gasteiger partial charge < -0.3 is 9.47 Å². The van der Waals surface area contributed by atoms with Gasteiger partial charge in [0.25, 0.3) is 0 Å². The number of nitrogens with zero attached hydrogens (tertiary/aromatic N) is 1. The topological polar surface area (TPSA) is 52.6 Å². The molecule has 2 aromatic rings. The molecule has 0 amide bonds. The van der Waals surface area contributed by atoms with Gasteiger partial charge in [-0.2, -0.15) is 0 Å². The molecule has 1 N–H and O–H groups in total. The molecule has 2 heterocycles. The first-order chi connectivity index (χ1) is 12.8. The fourth-order valence-corrected chi connectivity index (χ4v) is 2.57. The lowest BCUT2D eigenvalue weighted by Crippen LogP contribution is -2.17. The summed E-state index contributed by atoms with van der Waals surface area (Å²) in [4.78, 5) is 10.5. The van der Waals surface area contributed by atoms with E-state index in [4.69, 9.17) is 9.57 Å². The molecular formula is C18H15F3N2O3S. The molecule has 1 aliphatic heterocycles. The Hall–Kier alpha value is -2.65. The molecule has 1 aromatic carbocycles. The van der Waals surface area contributed by atoms with Crippen molar-refractivity contribution >= 4 is 16.7 Å². The van der Waals surface area contributed by atoms with E-state index in [0.29, 0.717) is 17.2 Å². The standard InChI is InChI=1S/C18H15F3N2O3S/c1-11(27-2)15-8-7-14(10-22-15)24-17-9-16(26-23-17)12-3-5-13(6-4-12)25-18(19,20)21/h3-10,16,23H,1H2,2H3. The monoisotopic (exact) mass is 396 g/mol. The van der Waals surface area contributed by atoms with E-state index in [-0.39, 0.29) is 5.75 Å².